The lowest BCUT2D eigenvalue weighted by Gasteiger charge is -2.16. The zero-order valence-corrected chi connectivity index (χ0v) is 13.4. The van der Waals surface area contributed by atoms with E-state index in [0.29, 0.717) is 6.61 Å². The first-order valence-electron chi connectivity index (χ1n) is 7.40. The minimum Gasteiger partial charge on any atom is -0.377 e. The zero-order valence-electron chi connectivity index (χ0n) is 12.6. The fraction of sp³-hybridized carbons (Fsp3) is 0.600. The number of ether oxygens (including phenoxy) is 1. The fourth-order valence-electron chi connectivity index (χ4n) is 2.48. The van der Waals surface area contributed by atoms with Gasteiger partial charge in [0.2, 0.25) is 10.0 Å². The largest absolute Gasteiger partial charge is 0.377 e. The molecule has 21 heavy (non-hydrogen) atoms. The summed E-state index contributed by atoms with van der Waals surface area (Å²) in [7, 11) is -3.34. The molecule has 0 amide bonds. The second kappa shape index (κ2) is 7.35. The van der Waals surface area contributed by atoms with Crippen LogP contribution in [-0.2, 0) is 27.1 Å². The van der Waals surface area contributed by atoms with Gasteiger partial charge < -0.3 is 10.1 Å². The zero-order chi connectivity index (χ0) is 15.3. The molecule has 0 aromatic heterocycles. The van der Waals surface area contributed by atoms with E-state index in [4.69, 9.17) is 4.74 Å². The summed E-state index contributed by atoms with van der Waals surface area (Å²) < 4.78 is 32.6. The number of hydrogen-bond acceptors (Lipinski definition) is 4. The Morgan fingerprint density at radius 2 is 2.10 bits per heavy atom. The number of rotatable bonds is 7. The summed E-state index contributed by atoms with van der Waals surface area (Å²) in [5.41, 5.74) is 1.91. The van der Waals surface area contributed by atoms with E-state index in [2.05, 4.69) is 10.0 Å². The van der Waals surface area contributed by atoms with Crippen molar-refractivity contribution >= 4 is 10.0 Å². The van der Waals surface area contributed by atoms with Crippen LogP contribution in [0.15, 0.2) is 24.3 Å². The van der Waals surface area contributed by atoms with Gasteiger partial charge in [-0.05, 0) is 31.0 Å². The highest BCUT2D eigenvalue weighted by Crippen LogP contribution is 2.15. The topological polar surface area (TPSA) is 67.4 Å². The maximum Gasteiger partial charge on any atom is 0.216 e. The molecule has 0 saturated carbocycles. The van der Waals surface area contributed by atoms with Gasteiger partial charge in [-0.3, -0.25) is 0 Å². The lowest BCUT2D eigenvalue weighted by molar-refractivity contribution is 0.117. The van der Waals surface area contributed by atoms with Crippen molar-refractivity contribution in [3.05, 3.63) is 35.4 Å². The number of hydrogen-bond donors (Lipinski definition) is 2. The van der Waals surface area contributed by atoms with Crippen LogP contribution in [0.25, 0.3) is 0 Å². The predicted octanol–water partition coefficient (Wildman–Crippen LogP) is 1.39. The maximum absolute atomic E-state index is 12.2. The number of nitrogens with one attached hydrogen (secondary N) is 2. The molecular weight excluding hydrogens is 288 g/mol. The van der Waals surface area contributed by atoms with Gasteiger partial charge in [0.05, 0.1) is 11.9 Å². The van der Waals surface area contributed by atoms with Crippen molar-refractivity contribution in [1.82, 2.24) is 10.0 Å². The Morgan fingerprint density at radius 1 is 1.33 bits per heavy atom. The molecule has 1 aliphatic heterocycles. The van der Waals surface area contributed by atoms with E-state index in [9.17, 15) is 8.42 Å². The predicted molar refractivity (Wildman–Crippen MR) is 83.4 cm³/mol. The van der Waals surface area contributed by atoms with Gasteiger partial charge in [-0.2, -0.15) is 0 Å². The van der Waals surface area contributed by atoms with Crippen molar-refractivity contribution < 1.29 is 13.2 Å². The quantitative estimate of drug-likeness (QED) is 0.798. The molecule has 1 heterocycles. The van der Waals surface area contributed by atoms with Crippen molar-refractivity contribution in [1.29, 1.82) is 0 Å². The van der Waals surface area contributed by atoms with Gasteiger partial charge in [0, 0.05) is 19.2 Å². The average Bonchev–Trinajstić information content (AvgIpc) is 2.81. The van der Waals surface area contributed by atoms with Gasteiger partial charge in [0.25, 0.3) is 0 Å². The summed E-state index contributed by atoms with van der Waals surface area (Å²) in [5.74, 6) is 0.0101. The monoisotopic (exact) mass is 312 g/mol. The Morgan fingerprint density at radius 3 is 2.76 bits per heavy atom. The molecule has 1 aliphatic rings. The molecule has 1 fully saturated rings. The minimum absolute atomic E-state index is 0.0101. The molecule has 118 valence electrons. The third-order valence-corrected chi connectivity index (χ3v) is 5.01. The van der Waals surface area contributed by atoms with Gasteiger partial charge in [0.15, 0.2) is 0 Å². The summed E-state index contributed by atoms with van der Waals surface area (Å²) in [5, 5.41) is 3.24. The number of sulfonamides is 1. The van der Waals surface area contributed by atoms with E-state index >= 15 is 0 Å². The van der Waals surface area contributed by atoms with E-state index in [0.717, 1.165) is 30.6 Å². The molecule has 2 unspecified atom stereocenters. The van der Waals surface area contributed by atoms with E-state index in [-0.39, 0.29) is 17.9 Å². The van der Waals surface area contributed by atoms with E-state index in [1.807, 2.05) is 38.1 Å². The Bertz CT molecular complexity index is 560. The second-order valence-electron chi connectivity index (χ2n) is 5.45. The lowest BCUT2D eigenvalue weighted by Crippen LogP contribution is -2.39. The van der Waals surface area contributed by atoms with Crippen LogP contribution >= 0.6 is 0 Å². The average molecular weight is 312 g/mol. The van der Waals surface area contributed by atoms with Crippen LogP contribution in [-0.4, -0.2) is 33.7 Å². The highest BCUT2D eigenvalue weighted by molar-refractivity contribution is 7.88. The molecule has 2 rings (SSSR count). The Labute approximate surface area is 127 Å². The smallest absolute Gasteiger partial charge is 0.216 e. The Hall–Kier alpha value is -0.950. The molecule has 2 atom stereocenters. The summed E-state index contributed by atoms with van der Waals surface area (Å²) in [6.45, 7) is 6.21. The summed E-state index contributed by atoms with van der Waals surface area (Å²) in [4.78, 5) is 0. The van der Waals surface area contributed by atoms with Gasteiger partial charge >= 0.3 is 0 Å². The van der Waals surface area contributed by atoms with Crippen LogP contribution in [0.5, 0.6) is 0 Å². The molecule has 1 saturated heterocycles. The summed E-state index contributed by atoms with van der Waals surface area (Å²) in [6, 6.07) is 7.58. The van der Waals surface area contributed by atoms with Crippen LogP contribution < -0.4 is 10.0 Å². The van der Waals surface area contributed by atoms with Crippen molar-refractivity contribution in [2.45, 2.75) is 44.7 Å². The van der Waals surface area contributed by atoms with E-state index in [1.54, 1.807) is 0 Å². The van der Waals surface area contributed by atoms with Gasteiger partial charge in [-0.15, -0.1) is 0 Å². The van der Waals surface area contributed by atoms with Crippen LogP contribution in [0.1, 0.15) is 31.4 Å². The first-order valence-corrected chi connectivity index (χ1v) is 9.05. The van der Waals surface area contributed by atoms with Crippen LogP contribution in [0.2, 0.25) is 0 Å². The molecule has 0 aliphatic carbocycles. The standard InChI is InChI=1S/C15H24N2O3S/c1-3-16-10-13-5-4-6-14(9-13)11-21(18,19)17-15-7-8-20-12(15)2/h4-6,9,12,15-17H,3,7-8,10-11H2,1-2H3. The van der Waals surface area contributed by atoms with Gasteiger partial charge in [-0.25, -0.2) is 13.1 Å². The van der Waals surface area contributed by atoms with E-state index in [1.165, 1.54) is 0 Å². The molecular formula is C15H24N2O3S. The van der Waals surface area contributed by atoms with Crippen molar-refractivity contribution in [2.75, 3.05) is 13.2 Å². The van der Waals surface area contributed by atoms with Crippen molar-refractivity contribution in [2.24, 2.45) is 0 Å². The number of benzene rings is 1. The van der Waals surface area contributed by atoms with Crippen molar-refractivity contribution in [3.8, 4) is 0 Å². The summed E-state index contributed by atoms with van der Waals surface area (Å²) >= 11 is 0. The molecule has 0 radical (unpaired) electrons. The third kappa shape index (κ3) is 5.07. The van der Waals surface area contributed by atoms with Gasteiger partial charge in [-0.1, -0.05) is 31.2 Å². The third-order valence-electron chi connectivity index (χ3n) is 3.63. The van der Waals surface area contributed by atoms with Crippen LogP contribution in [0, 0.1) is 0 Å². The maximum atomic E-state index is 12.2. The fourth-order valence-corrected chi connectivity index (χ4v) is 3.95. The highest BCUT2D eigenvalue weighted by atomic mass is 32.2. The molecule has 1 aromatic carbocycles. The second-order valence-corrected chi connectivity index (χ2v) is 7.20. The molecule has 0 spiro atoms. The first-order chi connectivity index (χ1) is 10.00. The van der Waals surface area contributed by atoms with Crippen LogP contribution in [0.4, 0.5) is 0 Å². The van der Waals surface area contributed by atoms with Crippen LogP contribution in [0.3, 0.4) is 0 Å². The molecule has 0 bridgehead atoms. The molecule has 6 heteroatoms. The Kier molecular flexibility index (Phi) is 5.75. The Balaban J connectivity index is 1.99. The molecule has 2 N–H and O–H groups in total. The SMILES string of the molecule is CCNCc1cccc(CS(=O)(=O)NC2CCOC2C)c1. The first kappa shape index (κ1) is 16.4. The van der Waals surface area contributed by atoms with E-state index < -0.39 is 10.0 Å². The molecule has 5 nitrogen and oxygen atoms in total. The molecule has 1 aromatic rings. The van der Waals surface area contributed by atoms with Gasteiger partial charge in [0.1, 0.15) is 0 Å². The van der Waals surface area contributed by atoms with Crippen molar-refractivity contribution in [3.63, 3.8) is 0 Å². The highest BCUT2D eigenvalue weighted by Gasteiger charge is 2.28. The minimum atomic E-state index is -3.34. The lowest BCUT2D eigenvalue weighted by atomic mass is 10.1. The summed E-state index contributed by atoms with van der Waals surface area (Å²) in [6.07, 6.45) is 0.681. The normalized spacial score (nSPS) is 22.6.